The van der Waals surface area contributed by atoms with Gasteiger partial charge >= 0.3 is 5.97 Å². The monoisotopic (exact) mass is 271 g/mol. The number of fused-ring (bicyclic) bond motifs is 1. The molecule has 2 heterocycles. The Hall–Kier alpha value is -1.38. The summed E-state index contributed by atoms with van der Waals surface area (Å²) in [6.45, 7) is 1.82. The lowest BCUT2D eigenvalue weighted by atomic mass is 9.61. The fraction of sp³-hybridized carbons (Fsp3) is 0.818. The average Bonchev–Trinajstić information content (AvgIpc) is 2.33. The zero-order chi connectivity index (χ0) is 13.9. The summed E-state index contributed by atoms with van der Waals surface area (Å²) in [6.07, 6.45) is -4.19. The number of hydrogen-bond donors (Lipinski definition) is 5. The number of carbonyl (C=O) groups is 1. The van der Waals surface area contributed by atoms with E-state index in [0.29, 0.717) is 6.42 Å². The molecule has 3 aliphatic rings. The molecule has 1 saturated carbocycles. The number of aliphatic hydroxyl groups excluding tert-OH is 3. The van der Waals surface area contributed by atoms with Crippen LogP contribution in [0.25, 0.3) is 0 Å². The highest BCUT2D eigenvalue weighted by Gasteiger charge is 2.67. The van der Waals surface area contributed by atoms with Gasteiger partial charge in [-0.25, -0.2) is 9.79 Å². The van der Waals surface area contributed by atoms with Crippen LogP contribution in [0.5, 0.6) is 0 Å². The molecule has 0 amide bonds. The van der Waals surface area contributed by atoms with Gasteiger partial charge in [-0.2, -0.15) is 0 Å². The van der Waals surface area contributed by atoms with Crippen LogP contribution in [0.3, 0.4) is 0 Å². The van der Waals surface area contributed by atoms with Crippen molar-refractivity contribution in [2.24, 2.45) is 22.6 Å². The molecule has 8 nitrogen and oxygen atoms in total. The molecule has 19 heavy (non-hydrogen) atoms. The van der Waals surface area contributed by atoms with Crippen LogP contribution in [-0.4, -0.2) is 57.3 Å². The average molecular weight is 271 g/mol. The summed E-state index contributed by atoms with van der Waals surface area (Å²) in [5.74, 6) is -1.68. The van der Waals surface area contributed by atoms with Crippen molar-refractivity contribution in [1.29, 1.82) is 0 Å². The number of guanidine groups is 1. The van der Waals surface area contributed by atoms with Crippen molar-refractivity contribution in [2.45, 2.75) is 43.4 Å². The Bertz CT molecular complexity index is 456. The first kappa shape index (κ1) is 12.6. The van der Waals surface area contributed by atoms with E-state index in [9.17, 15) is 20.1 Å². The molecular formula is C11H17N3O5. The zero-order valence-corrected chi connectivity index (χ0v) is 10.4. The SMILES string of the molecule is C[C@@H]1CC2[C@H](O)N=C(N)N[C@]23[C@H](O)C(=O)OC1[C@H]3O. The van der Waals surface area contributed by atoms with Crippen LogP contribution in [0.2, 0.25) is 0 Å². The van der Waals surface area contributed by atoms with E-state index in [0.717, 1.165) is 0 Å². The summed E-state index contributed by atoms with van der Waals surface area (Å²) in [7, 11) is 0. The first-order chi connectivity index (χ1) is 8.87. The molecule has 1 spiro atoms. The molecule has 1 saturated heterocycles. The molecule has 0 radical (unpaired) electrons. The third-order valence-corrected chi connectivity index (χ3v) is 4.50. The van der Waals surface area contributed by atoms with E-state index in [2.05, 4.69) is 10.3 Å². The maximum Gasteiger partial charge on any atom is 0.337 e. The Labute approximate surface area is 109 Å². The normalized spacial score (nSPS) is 52.6. The Balaban J connectivity index is 2.13. The fourth-order valence-corrected chi connectivity index (χ4v) is 3.56. The molecule has 0 aromatic carbocycles. The van der Waals surface area contributed by atoms with Crippen molar-refractivity contribution >= 4 is 11.9 Å². The first-order valence-corrected chi connectivity index (χ1v) is 6.24. The van der Waals surface area contributed by atoms with Crippen molar-refractivity contribution in [3.8, 4) is 0 Å². The molecule has 2 bridgehead atoms. The maximum atomic E-state index is 11.8. The second-order valence-corrected chi connectivity index (χ2v) is 5.55. The quantitative estimate of drug-likeness (QED) is 0.301. The van der Waals surface area contributed by atoms with Gasteiger partial charge in [-0.1, -0.05) is 6.92 Å². The molecule has 7 atom stereocenters. The standard InChI is InChI=1S/C11H17N3O5/c1-3-2-4-8(17)13-10(12)14-11(4)6(15)5(3)19-9(18)7(11)16/h3-8,15-17H,2H2,1H3,(H3,12,13,14)/t3-,4?,5?,6-,7-,8+,11-/m1/s1. The second kappa shape index (κ2) is 3.81. The van der Waals surface area contributed by atoms with E-state index >= 15 is 0 Å². The molecular weight excluding hydrogens is 254 g/mol. The Morgan fingerprint density at radius 2 is 2.16 bits per heavy atom. The number of esters is 1. The van der Waals surface area contributed by atoms with Crippen molar-refractivity contribution in [1.82, 2.24) is 5.32 Å². The summed E-state index contributed by atoms with van der Waals surface area (Å²) in [5, 5.41) is 33.3. The van der Waals surface area contributed by atoms with Gasteiger partial charge in [-0.05, 0) is 12.3 Å². The predicted molar refractivity (Wildman–Crippen MR) is 62.7 cm³/mol. The van der Waals surface area contributed by atoms with Gasteiger partial charge < -0.3 is 31.1 Å². The van der Waals surface area contributed by atoms with E-state index in [4.69, 9.17) is 10.5 Å². The van der Waals surface area contributed by atoms with Gasteiger partial charge in [0.1, 0.15) is 17.7 Å². The molecule has 2 aliphatic heterocycles. The van der Waals surface area contributed by atoms with Crippen molar-refractivity contribution in [3.05, 3.63) is 0 Å². The highest BCUT2D eigenvalue weighted by Crippen LogP contribution is 2.47. The van der Waals surface area contributed by atoms with Crippen LogP contribution in [-0.2, 0) is 9.53 Å². The van der Waals surface area contributed by atoms with Gasteiger partial charge in [0.25, 0.3) is 0 Å². The van der Waals surface area contributed by atoms with Gasteiger partial charge in [0, 0.05) is 5.92 Å². The Morgan fingerprint density at radius 1 is 1.47 bits per heavy atom. The lowest BCUT2D eigenvalue weighted by molar-refractivity contribution is -0.235. The Morgan fingerprint density at radius 3 is 2.84 bits per heavy atom. The molecule has 1 aliphatic carbocycles. The lowest BCUT2D eigenvalue weighted by Crippen LogP contribution is -2.81. The summed E-state index contributed by atoms with van der Waals surface area (Å²) in [5.41, 5.74) is 4.14. The van der Waals surface area contributed by atoms with E-state index in [1.807, 2.05) is 6.92 Å². The largest absolute Gasteiger partial charge is 0.457 e. The summed E-state index contributed by atoms with van der Waals surface area (Å²) >= 11 is 0. The molecule has 6 N–H and O–H groups in total. The topological polar surface area (TPSA) is 137 Å². The van der Waals surface area contributed by atoms with Crippen LogP contribution in [0.1, 0.15) is 13.3 Å². The van der Waals surface area contributed by atoms with Crippen LogP contribution < -0.4 is 11.1 Å². The van der Waals surface area contributed by atoms with Gasteiger partial charge in [-0.3, -0.25) is 0 Å². The summed E-state index contributed by atoms with van der Waals surface area (Å²) in [6, 6.07) is 0. The van der Waals surface area contributed by atoms with Crippen LogP contribution in [0, 0.1) is 11.8 Å². The highest BCUT2D eigenvalue weighted by atomic mass is 16.6. The van der Waals surface area contributed by atoms with E-state index in [1.165, 1.54) is 0 Å². The second-order valence-electron chi connectivity index (χ2n) is 5.55. The minimum atomic E-state index is -1.60. The third kappa shape index (κ3) is 1.44. The number of ether oxygens (including phenoxy) is 1. The smallest absolute Gasteiger partial charge is 0.337 e. The number of nitrogens with zero attached hydrogens (tertiary/aromatic N) is 1. The van der Waals surface area contributed by atoms with Gasteiger partial charge in [0.05, 0.1) is 0 Å². The number of aliphatic imine (C=N–C) groups is 1. The van der Waals surface area contributed by atoms with Crippen molar-refractivity contribution in [3.63, 3.8) is 0 Å². The number of rotatable bonds is 0. The fourth-order valence-electron chi connectivity index (χ4n) is 3.56. The summed E-state index contributed by atoms with van der Waals surface area (Å²) < 4.78 is 5.07. The maximum absolute atomic E-state index is 11.8. The minimum absolute atomic E-state index is 0.107. The number of aliphatic hydroxyl groups is 3. The van der Waals surface area contributed by atoms with E-state index in [-0.39, 0.29) is 11.9 Å². The van der Waals surface area contributed by atoms with Crippen LogP contribution >= 0.6 is 0 Å². The Kier molecular flexibility index (Phi) is 2.54. The molecule has 8 heteroatoms. The number of nitrogens with one attached hydrogen (secondary N) is 1. The lowest BCUT2D eigenvalue weighted by Gasteiger charge is -2.58. The van der Waals surface area contributed by atoms with Crippen molar-refractivity contribution < 1.29 is 24.9 Å². The third-order valence-electron chi connectivity index (χ3n) is 4.50. The van der Waals surface area contributed by atoms with E-state index in [1.54, 1.807) is 0 Å². The zero-order valence-electron chi connectivity index (χ0n) is 10.4. The minimum Gasteiger partial charge on any atom is -0.457 e. The highest BCUT2D eigenvalue weighted by molar-refractivity contribution is 5.84. The number of carbonyl (C=O) groups excluding carboxylic acids is 1. The van der Waals surface area contributed by atoms with Gasteiger partial charge in [0.2, 0.25) is 0 Å². The molecule has 3 rings (SSSR count). The molecule has 106 valence electrons. The van der Waals surface area contributed by atoms with Crippen LogP contribution in [0.15, 0.2) is 4.99 Å². The molecule has 0 aromatic rings. The predicted octanol–water partition coefficient (Wildman–Crippen LogP) is -2.74. The summed E-state index contributed by atoms with van der Waals surface area (Å²) in [4.78, 5) is 15.6. The molecule has 0 aromatic heterocycles. The van der Waals surface area contributed by atoms with Gasteiger partial charge in [0.15, 0.2) is 18.3 Å². The van der Waals surface area contributed by atoms with Gasteiger partial charge in [-0.15, -0.1) is 0 Å². The molecule has 2 fully saturated rings. The number of nitrogens with two attached hydrogens (primary N) is 1. The number of hydrogen-bond acceptors (Lipinski definition) is 8. The first-order valence-electron chi connectivity index (χ1n) is 6.24. The molecule has 2 unspecified atom stereocenters. The van der Waals surface area contributed by atoms with Crippen molar-refractivity contribution in [2.75, 3.05) is 0 Å². The van der Waals surface area contributed by atoms with Crippen LogP contribution in [0.4, 0.5) is 0 Å². The van der Waals surface area contributed by atoms with E-state index < -0.39 is 42.0 Å².